The lowest BCUT2D eigenvalue weighted by atomic mass is 9.92. The standard InChI is InChI=1S/C30H32O6/c1-15(2)7-10-20-26(32)21(11-8-16(3)4)30-25(27(20)33)28(34)24-23(13-17(5)6)35-22-14-18(31)9-12-19(22)29(24)36-30/h7-9,12-14,23,31-33H,10-11H2,1-6H3. The molecule has 1 aliphatic heterocycles. The number of hydrogen-bond donors (Lipinski definition) is 3. The quantitative estimate of drug-likeness (QED) is 0.335. The first-order chi connectivity index (χ1) is 17.0. The molecule has 0 fully saturated rings. The van der Waals surface area contributed by atoms with Gasteiger partial charge in [0.25, 0.3) is 0 Å². The third-order valence-corrected chi connectivity index (χ3v) is 6.18. The molecule has 0 radical (unpaired) electrons. The Labute approximate surface area is 210 Å². The first-order valence-corrected chi connectivity index (χ1v) is 12.0. The number of benzene rings is 2. The fourth-order valence-electron chi connectivity index (χ4n) is 4.39. The van der Waals surface area contributed by atoms with Crippen molar-refractivity contribution < 1.29 is 24.5 Å². The smallest absolute Gasteiger partial charge is 0.204 e. The first-order valence-electron chi connectivity index (χ1n) is 12.0. The van der Waals surface area contributed by atoms with E-state index < -0.39 is 11.5 Å². The van der Waals surface area contributed by atoms with Crippen molar-refractivity contribution in [3.8, 4) is 34.3 Å². The van der Waals surface area contributed by atoms with Crippen LogP contribution in [0.3, 0.4) is 0 Å². The molecule has 6 heteroatoms. The minimum atomic E-state index is -0.768. The topological polar surface area (TPSA) is 100 Å². The van der Waals surface area contributed by atoms with Gasteiger partial charge in [0, 0.05) is 17.2 Å². The maximum Gasteiger partial charge on any atom is 0.204 e. The van der Waals surface area contributed by atoms with Gasteiger partial charge in [0.05, 0.1) is 11.1 Å². The molecule has 188 valence electrons. The fraction of sp³-hybridized carbons (Fsp3) is 0.300. The van der Waals surface area contributed by atoms with E-state index in [4.69, 9.17) is 9.15 Å². The number of ether oxygens (including phenoxy) is 1. The summed E-state index contributed by atoms with van der Waals surface area (Å²) in [4.78, 5) is 14.1. The lowest BCUT2D eigenvalue weighted by Crippen LogP contribution is -2.22. The summed E-state index contributed by atoms with van der Waals surface area (Å²) in [6.07, 6.45) is 5.46. The van der Waals surface area contributed by atoms with E-state index in [-0.39, 0.29) is 45.8 Å². The Balaban J connectivity index is 2.16. The summed E-state index contributed by atoms with van der Waals surface area (Å²) in [5.41, 5.74) is 4.22. The van der Waals surface area contributed by atoms with Crippen LogP contribution in [0.4, 0.5) is 0 Å². The molecule has 1 aromatic heterocycles. The molecule has 0 spiro atoms. The van der Waals surface area contributed by atoms with Crippen LogP contribution in [0.5, 0.6) is 23.0 Å². The Morgan fingerprint density at radius 2 is 1.53 bits per heavy atom. The Kier molecular flexibility index (Phi) is 6.72. The maximum atomic E-state index is 14.1. The molecule has 0 amide bonds. The van der Waals surface area contributed by atoms with Crippen LogP contribution in [0, 0.1) is 0 Å². The number of allylic oxidation sites excluding steroid dienone is 5. The van der Waals surface area contributed by atoms with Crippen LogP contribution in [0.2, 0.25) is 0 Å². The molecule has 4 rings (SSSR count). The number of rotatable bonds is 5. The molecule has 1 aliphatic rings. The molecule has 36 heavy (non-hydrogen) atoms. The second kappa shape index (κ2) is 9.61. The zero-order valence-electron chi connectivity index (χ0n) is 21.5. The van der Waals surface area contributed by atoms with E-state index >= 15 is 0 Å². The first kappa shape index (κ1) is 25.2. The molecule has 1 unspecified atom stereocenters. The SMILES string of the molecule is CC(C)=CCc1c(O)c(CC=C(C)C)c2oc3c(c(=O)c2c1O)C(C=C(C)C)Oc1cc(O)ccc1-3. The highest BCUT2D eigenvalue weighted by Gasteiger charge is 2.33. The van der Waals surface area contributed by atoms with E-state index in [1.54, 1.807) is 12.1 Å². The minimum absolute atomic E-state index is 0.0267. The summed E-state index contributed by atoms with van der Waals surface area (Å²) in [5.74, 6) is 0.333. The molecule has 6 nitrogen and oxygen atoms in total. The van der Waals surface area contributed by atoms with Crippen LogP contribution >= 0.6 is 0 Å². The highest BCUT2D eigenvalue weighted by Crippen LogP contribution is 2.47. The van der Waals surface area contributed by atoms with E-state index in [0.29, 0.717) is 29.1 Å². The number of phenolic OH excluding ortho intramolecular Hbond substituents is 3. The van der Waals surface area contributed by atoms with E-state index in [9.17, 15) is 20.1 Å². The van der Waals surface area contributed by atoms with Crippen LogP contribution in [0.15, 0.2) is 62.4 Å². The predicted octanol–water partition coefficient (Wildman–Crippen LogP) is 6.99. The van der Waals surface area contributed by atoms with E-state index in [0.717, 1.165) is 16.7 Å². The predicted molar refractivity (Wildman–Crippen MR) is 142 cm³/mol. The van der Waals surface area contributed by atoms with Gasteiger partial charge in [0.15, 0.2) is 0 Å². The average Bonchev–Trinajstić information content (AvgIpc) is 2.77. The zero-order chi connectivity index (χ0) is 26.3. The lowest BCUT2D eigenvalue weighted by Gasteiger charge is -2.27. The van der Waals surface area contributed by atoms with Gasteiger partial charge in [-0.05, 0) is 72.6 Å². The Hall–Kier alpha value is -3.93. The van der Waals surface area contributed by atoms with Crippen molar-refractivity contribution in [3.63, 3.8) is 0 Å². The molecule has 0 bridgehead atoms. The normalized spacial score (nSPS) is 13.9. The van der Waals surface area contributed by atoms with Gasteiger partial charge in [-0.1, -0.05) is 28.9 Å². The summed E-state index contributed by atoms with van der Waals surface area (Å²) in [6.45, 7) is 11.6. The highest BCUT2D eigenvalue weighted by atomic mass is 16.5. The Morgan fingerprint density at radius 3 is 2.14 bits per heavy atom. The van der Waals surface area contributed by atoms with Gasteiger partial charge in [-0.15, -0.1) is 0 Å². The highest BCUT2D eigenvalue weighted by molar-refractivity contribution is 5.93. The zero-order valence-corrected chi connectivity index (χ0v) is 21.5. The van der Waals surface area contributed by atoms with Crippen molar-refractivity contribution >= 4 is 11.0 Å². The monoisotopic (exact) mass is 488 g/mol. The molecule has 0 saturated heterocycles. The molecular formula is C30H32O6. The minimum Gasteiger partial charge on any atom is -0.508 e. The fourth-order valence-corrected chi connectivity index (χ4v) is 4.39. The molecule has 0 aliphatic carbocycles. The van der Waals surface area contributed by atoms with Gasteiger partial charge in [-0.2, -0.15) is 0 Å². The average molecular weight is 489 g/mol. The van der Waals surface area contributed by atoms with Crippen molar-refractivity contribution in [2.75, 3.05) is 0 Å². The third-order valence-electron chi connectivity index (χ3n) is 6.18. The second-order valence-electron chi connectivity index (χ2n) is 9.97. The molecule has 0 saturated carbocycles. The molecule has 3 aromatic rings. The lowest BCUT2D eigenvalue weighted by molar-refractivity contribution is 0.243. The summed E-state index contributed by atoms with van der Waals surface area (Å²) >= 11 is 0. The summed E-state index contributed by atoms with van der Waals surface area (Å²) < 4.78 is 12.5. The number of aromatic hydroxyl groups is 3. The van der Waals surface area contributed by atoms with Crippen molar-refractivity contribution in [2.45, 2.75) is 60.5 Å². The summed E-state index contributed by atoms with van der Waals surface area (Å²) in [7, 11) is 0. The molecule has 2 heterocycles. The molecule has 2 aromatic carbocycles. The van der Waals surface area contributed by atoms with Crippen LogP contribution in [0.25, 0.3) is 22.3 Å². The Bertz CT molecular complexity index is 1510. The van der Waals surface area contributed by atoms with Crippen LogP contribution in [0.1, 0.15) is 64.3 Å². The molecule has 3 N–H and O–H groups in total. The summed E-state index contributed by atoms with van der Waals surface area (Å²) in [5, 5.41) is 32.6. The van der Waals surface area contributed by atoms with Gasteiger partial charge in [-0.25, -0.2) is 0 Å². The van der Waals surface area contributed by atoms with Gasteiger partial charge in [0.1, 0.15) is 45.8 Å². The van der Waals surface area contributed by atoms with Crippen molar-refractivity contribution in [2.24, 2.45) is 0 Å². The van der Waals surface area contributed by atoms with Crippen LogP contribution < -0.4 is 10.2 Å². The van der Waals surface area contributed by atoms with Crippen LogP contribution in [-0.2, 0) is 12.8 Å². The molecule has 1 atom stereocenters. The maximum absolute atomic E-state index is 14.1. The van der Waals surface area contributed by atoms with Gasteiger partial charge < -0.3 is 24.5 Å². The van der Waals surface area contributed by atoms with Crippen molar-refractivity contribution in [3.05, 3.63) is 80.1 Å². The number of phenols is 3. The number of hydrogen-bond acceptors (Lipinski definition) is 6. The Morgan fingerprint density at radius 1 is 0.889 bits per heavy atom. The van der Waals surface area contributed by atoms with Crippen molar-refractivity contribution in [1.29, 1.82) is 0 Å². The van der Waals surface area contributed by atoms with Crippen molar-refractivity contribution in [1.82, 2.24) is 0 Å². The largest absolute Gasteiger partial charge is 0.508 e. The van der Waals surface area contributed by atoms with Gasteiger partial charge >= 0.3 is 0 Å². The third kappa shape index (κ3) is 4.51. The van der Waals surface area contributed by atoms with Gasteiger partial charge in [-0.3, -0.25) is 4.79 Å². The van der Waals surface area contributed by atoms with E-state index in [1.807, 2.05) is 53.7 Å². The van der Waals surface area contributed by atoms with Gasteiger partial charge in [0.2, 0.25) is 5.43 Å². The van der Waals surface area contributed by atoms with Crippen LogP contribution in [-0.4, -0.2) is 15.3 Å². The van der Waals surface area contributed by atoms with E-state index in [2.05, 4.69) is 0 Å². The molecular weight excluding hydrogens is 456 g/mol. The summed E-state index contributed by atoms with van der Waals surface area (Å²) in [6, 6.07) is 4.62. The van der Waals surface area contributed by atoms with E-state index in [1.165, 1.54) is 12.1 Å². The second-order valence-corrected chi connectivity index (χ2v) is 9.97. The number of fused-ring (bicyclic) bond motifs is 4.